The minimum atomic E-state index is -0.973. The van der Waals surface area contributed by atoms with Crippen LogP contribution in [0.2, 0.25) is 0 Å². The number of amides is 7. The predicted molar refractivity (Wildman–Crippen MR) is 369 cm³/mol. The van der Waals surface area contributed by atoms with Crippen molar-refractivity contribution < 1.29 is 57.8 Å². The lowest BCUT2D eigenvalue weighted by molar-refractivity contribution is -0.148. The molecular weight excluding hydrogens is 1200 g/mol. The zero-order valence-electron chi connectivity index (χ0n) is 58.8. The number of benzene rings is 3. The fraction of sp³-hybridized carbons (Fsp3) is 0.627. The first-order valence-electron chi connectivity index (χ1n) is 34.8. The van der Waals surface area contributed by atoms with Gasteiger partial charge in [0.2, 0.25) is 41.4 Å². The van der Waals surface area contributed by atoms with Crippen LogP contribution in [0, 0.1) is 47.3 Å². The lowest BCUT2D eigenvalue weighted by atomic mass is 9.83. The minimum absolute atomic E-state index is 0.00614. The van der Waals surface area contributed by atoms with E-state index in [0.29, 0.717) is 82.3 Å². The SMILES string of the molecule is CC[C@H](C)[C@@H]([C@@H](CC(=O)N1CCC[C@H]1[C@H](CO)[C@@H](C)C(=O)N[C@@H](Cc1ccccc1)C(=O)Cc1ccc(NC(=O)[C@H](CCCCN)NC(=O)[C@@H](CC(=O)CCCCCN2C(=O)CC(C)C2=O)Cc2ccccc2)cc1)OC)N(C)C(=O)[C@@H](CC(=O)C(C(C)C)N(C)C)C(C)C. The third-order valence-corrected chi connectivity index (χ3v) is 19.7. The van der Waals surface area contributed by atoms with Crippen LogP contribution in [0.25, 0.3) is 0 Å². The second-order valence-corrected chi connectivity index (χ2v) is 27.8. The second kappa shape index (κ2) is 39.3. The summed E-state index contributed by atoms with van der Waals surface area (Å²) < 4.78 is 6.12. The van der Waals surface area contributed by atoms with Crippen LogP contribution >= 0.6 is 0 Å². The molecule has 6 N–H and O–H groups in total. The largest absolute Gasteiger partial charge is 0.396 e. The number of anilines is 1. The van der Waals surface area contributed by atoms with Gasteiger partial charge in [-0.05, 0) is 125 Å². The van der Waals surface area contributed by atoms with Crippen molar-refractivity contribution in [3.05, 3.63) is 102 Å². The van der Waals surface area contributed by atoms with Crippen molar-refractivity contribution in [1.29, 1.82) is 0 Å². The number of carbonyl (C=O) groups is 10. The maximum Gasteiger partial charge on any atom is 0.246 e. The molecule has 0 aliphatic carbocycles. The molecule has 0 radical (unpaired) electrons. The first-order chi connectivity index (χ1) is 45.2. The summed E-state index contributed by atoms with van der Waals surface area (Å²) in [6.45, 7) is 16.1. The molecule has 2 aliphatic heterocycles. The number of Topliss-reactive ketones (excluding diaryl/α,β-unsaturated/α-hetero) is 3. The Morgan fingerprint density at radius 3 is 1.91 bits per heavy atom. The molecule has 2 heterocycles. The highest BCUT2D eigenvalue weighted by atomic mass is 16.5. The third kappa shape index (κ3) is 23.4. The Bertz CT molecular complexity index is 2970. The Morgan fingerprint density at radius 1 is 0.716 bits per heavy atom. The summed E-state index contributed by atoms with van der Waals surface area (Å²) in [5.41, 5.74) is 8.56. The van der Waals surface area contributed by atoms with Gasteiger partial charge in [0.05, 0.1) is 30.7 Å². The number of nitrogens with two attached hydrogens (primary N) is 1. The lowest BCUT2D eigenvalue weighted by Gasteiger charge is -2.41. The van der Waals surface area contributed by atoms with E-state index in [2.05, 4.69) is 16.0 Å². The molecular formula is C75H112N8O12. The summed E-state index contributed by atoms with van der Waals surface area (Å²) in [7, 11) is 7.03. The number of ether oxygens (including phenoxy) is 1. The molecule has 2 aliphatic rings. The molecule has 0 aromatic heterocycles. The highest BCUT2D eigenvalue weighted by Crippen LogP contribution is 2.33. The average molecular weight is 1320 g/mol. The zero-order valence-corrected chi connectivity index (χ0v) is 58.8. The smallest absolute Gasteiger partial charge is 0.246 e. The van der Waals surface area contributed by atoms with E-state index in [0.717, 1.165) is 11.1 Å². The highest BCUT2D eigenvalue weighted by molar-refractivity contribution is 6.03. The molecule has 5 rings (SSSR count). The van der Waals surface area contributed by atoms with Gasteiger partial charge in [0.25, 0.3) is 0 Å². The van der Waals surface area contributed by atoms with Crippen LogP contribution in [0.4, 0.5) is 5.69 Å². The van der Waals surface area contributed by atoms with Crippen LogP contribution < -0.4 is 21.7 Å². The molecule has 2 saturated heterocycles. The normalized spacial score (nSPS) is 18.2. The zero-order chi connectivity index (χ0) is 70.1. The standard InChI is InChI=1S/C75H112N8O12/c1-13-50(6)70(81(11)75(94)59(48(2)3)45-65(87)69(49(4)5)80(9)10)66(95-12)46-68(89)82-39-25-32-63(82)60(47-84)52(8)71(90)79-62(42-54-28-19-15-20-29-54)64(86)43-55-33-35-57(36-34-55)77-73(92)61(31-22-23-37-76)78-72(91)56(41-53-26-17-14-18-27-53)44-58(85)30-21-16-24-38-83-67(88)40-51(7)74(83)93/h14-15,17-20,26-29,33-36,48-52,56,59-63,66,69-70,84H,13,16,21-25,30-32,37-47,76H2,1-12H3,(H,77,92)(H,78,91)(H,79,90)/t50-,51?,52+,56+,59-,60+,61-,62-,63-,66+,69?,70-/m0/s1. The van der Waals surface area contributed by atoms with Gasteiger partial charge < -0.3 is 41.3 Å². The summed E-state index contributed by atoms with van der Waals surface area (Å²) >= 11 is 0. The number of aliphatic hydroxyl groups excluding tert-OH is 1. The Hall–Kier alpha value is -7.00. The van der Waals surface area contributed by atoms with E-state index in [9.17, 15) is 53.1 Å². The molecule has 20 heteroatoms. The quantitative estimate of drug-likeness (QED) is 0.0264. The molecule has 3 aromatic carbocycles. The van der Waals surface area contributed by atoms with E-state index in [1.165, 1.54) is 12.0 Å². The maximum atomic E-state index is 14.7. The van der Waals surface area contributed by atoms with E-state index in [1.807, 2.05) is 121 Å². The molecule has 12 atom stereocenters. The molecule has 3 aromatic rings. The van der Waals surface area contributed by atoms with Gasteiger partial charge in [-0.2, -0.15) is 0 Å². The Morgan fingerprint density at radius 2 is 1.35 bits per heavy atom. The molecule has 95 heavy (non-hydrogen) atoms. The number of imide groups is 1. The van der Waals surface area contributed by atoms with Gasteiger partial charge in [-0.25, -0.2) is 0 Å². The van der Waals surface area contributed by atoms with E-state index in [1.54, 1.807) is 55.0 Å². The van der Waals surface area contributed by atoms with Gasteiger partial charge in [0, 0.05) is 107 Å². The fourth-order valence-electron chi connectivity index (χ4n) is 13.9. The maximum absolute atomic E-state index is 14.7. The summed E-state index contributed by atoms with van der Waals surface area (Å²) in [6, 6.07) is 22.2. The number of likely N-dealkylation sites (N-methyl/N-ethyl adjacent to an activating group) is 2. The number of methoxy groups -OCH3 is 1. The van der Waals surface area contributed by atoms with Crippen molar-refractivity contribution in [1.82, 2.24) is 30.2 Å². The molecule has 7 amide bonds. The number of aliphatic hydroxyl groups is 1. The van der Waals surface area contributed by atoms with E-state index < -0.39 is 78.3 Å². The summed E-state index contributed by atoms with van der Waals surface area (Å²) in [4.78, 5) is 145. The first-order valence-corrected chi connectivity index (χ1v) is 34.8. The van der Waals surface area contributed by atoms with E-state index >= 15 is 0 Å². The molecule has 2 unspecified atom stereocenters. The average Bonchev–Trinajstić information content (AvgIpc) is 1.79. The highest BCUT2D eigenvalue weighted by Gasteiger charge is 2.44. The van der Waals surface area contributed by atoms with Gasteiger partial charge in [0.1, 0.15) is 11.8 Å². The lowest BCUT2D eigenvalue weighted by Crippen LogP contribution is -2.54. The molecule has 0 saturated carbocycles. The van der Waals surface area contributed by atoms with Gasteiger partial charge in [0.15, 0.2) is 11.6 Å². The third-order valence-electron chi connectivity index (χ3n) is 19.7. The Balaban J connectivity index is 1.25. The van der Waals surface area contributed by atoms with Crippen molar-refractivity contribution in [3.8, 4) is 0 Å². The van der Waals surface area contributed by atoms with Crippen molar-refractivity contribution >= 4 is 64.4 Å². The van der Waals surface area contributed by atoms with Crippen LogP contribution in [-0.2, 0) is 71.9 Å². The molecule has 0 spiro atoms. The summed E-state index contributed by atoms with van der Waals surface area (Å²) in [5, 5.41) is 20.0. The van der Waals surface area contributed by atoms with Crippen LogP contribution in [0.1, 0.15) is 162 Å². The van der Waals surface area contributed by atoms with Gasteiger partial charge in [-0.1, -0.05) is 141 Å². The Labute approximate surface area is 565 Å². The van der Waals surface area contributed by atoms with Gasteiger partial charge >= 0.3 is 0 Å². The number of hydrogen-bond donors (Lipinski definition) is 5. The number of carbonyl (C=O) groups excluding carboxylic acids is 10. The van der Waals surface area contributed by atoms with Crippen molar-refractivity contribution in [2.45, 2.75) is 201 Å². The number of hydrogen-bond acceptors (Lipinski definition) is 14. The molecule has 20 nitrogen and oxygen atoms in total. The number of rotatable bonds is 42. The first kappa shape index (κ1) is 78.7. The fourth-order valence-corrected chi connectivity index (χ4v) is 13.9. The number of unbranched alkanes of at least 4 members (excludes halogenated alkanes) is 3. The number of likely N-dealkylation sites (tertiary alicyclic amines) is 2. The number of ketones is 3. The van der Waals surface area contributed by atoms with Crippen LogP contribution in [-0.4, -0.2) is 174 Å². The molecule has 2 fully saturated rings. The van der Waals surface area contributed by atoms with Crippen molar-refractivity contribution in [2.24, 2.45) is 53.1 Å². The predicted octanol–water partition coefficient (Wildman–Crippen LogP) is 8.18. The second-order valence-electron chi connectivity index (χ2n) is 27.8. The topological polar surface area (TPSA) is 275 Å². The van der Waals surface area contributed by atoms with Crippen molar-refractivity contribution in [2.75, 3.05) is 59.8 Å². The summed E-state index contributed by atoms with van der Waals surface area (Å²) in [6.07, 6.45) is 5.18. The monoisotopic (exact) mass is 1320 g/mol. The van der Waals surface area contributed by atoms with E-state index in [4.69, 9.17) is 10.5 Å². The molecule has 524 valence electrons. The minimum Gasteiger partial charge on any atom is -0.396 e. The van der Waals surface area contributed by atoms with Gasteiger partial charge in [-0.15, -0.1) is 0 Å². The Kier molecular flexibility index (Phi) is 32.5. The van der Waals surface area contributed by atoms with Crippen LogP contribution in [0.5, 0.6) is 0 Å². The number of nitrogens with zero attached hydrogens (tertiary/aromatic N) is 4. The van der Waals surface area contributed by atoms with Crippen molar-refractivity contribution in [3.63, 3.8) is 0 Å². The van der Waals surface area contributed by atoms with Crippen LogP contribution in [0.15, 0.2) is 84.9 Å². The molecule has 0 bridgehead atoms. The summed E-state index contributed by atoms with van der Waals surface area (Å²) in [5.74, 6) is -5.79. The van der Waals surface area contributed by atoms with Gasteiger partial charge in [-0.3, -0.25) is 57.7 Å². The van der Waals surface area contributed by atoms with Crippen LogP contribution in [0.3, 0.4) is 0 Å². The number of nitrogens with one attached hydrogen (secondary N) is 3. The van der Waals surface area contributed by atoms with E-state index in [-0.39, 0.29) is 128 Å².